The van der Waals surface area contributed by atoms with Crippen LogP contribution >= 0.6 is 0 Å². The SMILES string of the molecule is COc1cc(C)ccc1OCCC(C(=O)O)c1cccc(F)c1. The van der Waals surface area contributed by atoms with Crippen molar-refractivity contribution in [1.82, 2.24) is 0 Å². The third kappa shape index (κ3) is 4.45. The number of benzene rings is 2. The van der Waals surface area contributed by atoms with E-state index < -0.39 is 17.7 Å². The average molecular weight is 318 g/mol. The van der Waals surface area contributed by atoms with E-state index in [0.717, 1.165) is 5.56 Å². The molecule has 2 aromatic rings. The molecular weight excluding hydrogens is 299 g/mol. The van der Waals surface area contributed by atoms with E-state index in [1.165, 1.54) is 18.2 Å². The van der Waals surface area contributed by atoms with E-state index in [4.69, 9.17) is 9.47 Å². The predicted molar refractivity (Wildman–Crippen MR) is 84.6 cm³/mol. The van der Waals surface area contributed by atoms with Crippen molar-refractivity contribution in [3.8, 4) is 11.5 Å². The molecule has 0 spiro atoms. The van der Waals surface area contributed by atoms with Crippen molar-refractivity contribution in [2.75, 3.05) is 13.7 Å². The summed E-state index contributed by atoms with van der Waals surface area (Å²) < 4.78 is 24.1. The Labute approximate surface area is 134 Å². The van der Waals surface area contributed by atoms with E-state index in [-0.39, 0.29) is 13.0 Å². The van der Waals surface area contributed by atoms with Gasteiger partial charge >= 0.3 is 5.97 Å². The van der Waals surface area contributed by atoms with Gasteiger partial charge in [0.15, 0.2) is 11.5 Å². The minimum atomic E-state index is -1.00. The molecule has 0 amide bonds. The fraction of sp³-hybridized carbons (Fsp3) is 0.278. The van der Waals surface area contributed by atoms with Crippen LogP contribution in [0.3, 0.4) is 0 Å². The highest BCUT2D eigenvalue weighted by Gasteiger charge is 2.20. The fourth-order valence-corrected chi connectivity index (χ4v) is 2.34. The highest BCUT2D eigenvalue weighted by atomic mass is 19.1. The number of hydrogen-bond acceptors (Lipinski definition) is 3. The molecule has 0 aliphatic heterocycles. The second-order valence-corrected chi connectivity index (χ2v) is 5.24. The summed E-state index contributed by atoms with van der Waals surface area (Å²) in [5.74, 6) is -1.11. The van der Waals surface area contributed by atoms with Gasteiger partial charge < -0.3 is 14.6 Å². The largest absolute Gasteiger partial charge is 0.493 e. The van der Waals surface area contributed by atoms with E-state index in [1.54, 1.807) is 19.2 Å². The van der Waals surface area contributed by atoms with Gasteiger partial charge in [-0.05, 0) is 48.7 Å². The molecule has 1 atom stereocenters. The predicted octanol–water partition coefficient (Wildman–Crippen LogP) is 3.78. The normalized spacial score (nSPS) is 11.8. The Kier molecular flexibility index (Phi) is 5.57. The molecule has 122 valence electrons. The van der Waals surface area contributed by atoms with Gasteiger partial charge in [0.2, 0.25) is 0 Å². The summed E-state index contributed by atoms with van der Waals surface area (Å²) in [6, 6.07) is 11.2. The first-order chi connectivity index (χ1) is 11.0. The van der Waals surface area contributed by atoms with Gasteiger partial charge in [-0.3, -0.25) is 4.79 Å². The van der Waals surface area contributed by atoms with Crippen molar-refractivity contribution in [2.24, 2.45) is 0 Å². The molecule has 1 N–H and O–H groups in total. The lowest BCUT2D eigenvalue weighted by molar-refractivity contribution is -0.139. The van der Waals surface area contributed by atoms with Crippen LogP contribution in [-0.4, -0.2) is 24.8 Å². The number of halogens is 1. The Bertz CT molecular complexity index is 684. The third-order valence-corrected chi connectivity index (χ3v) is 3.53. The lowest BCUT2D eigenvalue weighted by Gasteiger charge is -2.15. The van der Waals surface area contributed by atoms with Gasteiger partial charge in [-0.25, -0.2) is 4.39 Å². The van der Waals surface area contributed by atoms with Gasteiger partial charge in [0.05, 0.1) is 19.6 Å². The molecule has 0 heterocycles. The first kappa shape index (κ1) is 16.8. The number of rotatable bonds is 7. The highest BCUT2D eigenvalue weighted by Crippen LogP contribution is 2.29. The average Bonchev–Trinajstić information content (AvgIpc) is 2.52. The Balaban J connectivity index is 2.04. The summed E-state index contributed by atoms with van der Waals surface area (Å²) in [6.45, 7) is 2.13. The fourth-order valence-electron chi connectivity index (χ4n) is 2.34. The summed E-state index contributed by atoms with van der Waals surface area (Å²) in [5, 5.41) is 9.35. The molecule has 0 saturated carbocycles. The number of hydrogen-bond donors (Lipinski definition) is 1. The van der Waals surface area contributed by atoms with Crippen molar-refractivity contribution in [3.05, 3.63) is 59.4 Å². The second kappa shape index (κ2) is 7.63. The summed E-state index contributed by atoms with van der Waals surface area (Å²) in [5.41, 5.74) is 1.47. The Morgan fingerprint density at radius 1 is 1.22 bits per heavy atom. The minimum Gasteiger partial charge on any atom is -0.493 e. The van der Waals surface area contributed by atoms with E-state index in [1.807, 2.05) is 19.1 Å². The maximum absolute atomic E-state index is 13.3. The molecule has 1 unspecified atom stereocenters. The number of ether oxygens (including phenoxy) is 2. The van der Waals surface area contributed by atoms with Crippen LogP contribution in [0.2, 0.25) is 0 Å². The third-order valence-electron chi connectivity index (χ3n) is 3.53. The molecule has 2 aromatic carbocycles. The van der Waals surface area contributed by atoms with E-state index in [9.17, 15) is 14.3 Å². The first-order valence-corrected chi connectivity index (χ1v) is 7.27. The van der Waals surface area contributed by atoms with Crippen molar-refractivity contribution in [1.29, 1.82) is 0 Å². The van der Waals surface area contributed by atoms with E-state index in [2.05, 4.69) is 0 Å². The van der Waals surface area contributed by atoms with Gasteiger partial charge in [-0.1, -0.05) is 18.2 Å². The van der Waals surface area contributed by atoms with Crippen molar-refractivity contribution in [2.45, 2.75) is 19.3 Å². The number of carboxylic acid groups (broad SMARTS) is 1. The number of carboxylic acids is 1. The van der Waals surface area contributed by atoms with Crippen LogP contribution < -0.4 is 9.47 Å². The van der Waals surface area contributed by atoms with Crippen LogP contribution in [0.1, 0.15) is 23.5 Å². The molecule has 4 nitrogen and oxygen atoms in total. The zero-order valence-electron chi connectivity index (χ0n) is 13.1. The molecule has 0 aliphatic carbocycles. The number of aryl methyl sites for hydroxylation is 1. The Morgan fingerprint density at radius 2 is 2.00 bits per heavy atom. The number of aliphatic carboxylic acids is 1. The van der Waals surface area contributed by atoms with Gasteiger partial charge in [0.25, 0.3) is 0 Å². The van der Waals surface area contributed by atoms with Crippen LogP contribution in [0.15, 0.2) is 42.5 Å². The molecule has 0 fully saturated rings. The standard InChI is InChI=1S/C18H19FO4/c1-12-6-7-16(17(10-12)22-2)23-9-8-15(18(20)21)13-4-3-5-14(19)11-13/h3-7,10-11,15H,8-9H2,1-2H3,(H,20,21). The summed E-state index contributed by atoms with van der Waals surface area (Å²) in [7, 11) is 1.55. The highest BCUT2D eigenvalue weighted by molar-refractivity contribution is 5.76. The molecule has 0 aromatic heterocycles. The zero-order chi connectivity index (χ0) is 16.8. The summed E-state index contributed by atoms with van der Waals surface area (Å²) in [6.07, 6.45) is 0.232. The number of methoxy groups -OCH3 is 1. The van der Waals surface area contributed by atoms with Crippen molar-refractivity contribution >= 4 is 5.97 Å². The maximum atomic E-state index is 13.3. The van der Waals surface area contributed by atoms with Crippen LogP contribution in [0.4, 0.5) is 4.39 Å². The monoisotopic (exact) mass is 318 g/mol. The quantitative estimate of drug-likeness (QED) is 0.844. The van der Waals surface area contributed by atoms with Crippen molar-refractivity contribution in [3.63, 3.8) is 0 Å². The topological polar surface area (TPSA) is 55.8 Å². The lowest BCUT2D eigenvalue weighted by atomic mass is 9.96. The molecule has 2 rings (SSSR count). The smallest absolute Gasteiger partial charge is 0.311 e. The Hall–Kier alpha value is -2.56. The van der Waals surface area contributed by atoms with E-state index >= 15 is 0 Å². The van der Waals surface area contributed by atoms with Crippen molar-refractivity contribution < 1.29 is 23.8 Å². The second-order valence-electron chi connectivity index (χ2n) is 5.24. The zero-order valence-corrected chi connectivity index (χ0v) is 13.1. The summed E-state index contributed by atoms with van der Waals surface area (Å²) in [4.78, 5) is 11.4. The van der Waals surface area contributed by atoms with Gasteiger partial charge in [-0.2, -0.15) is 0 Å². The summed E-state index contributed by atoms with van der Waals surface area (Å²) >= 11 is 0. The van der Waals surface area contributed by atoms with Crippen LogP contribution in [0.25, 0.3) is 0 Å². The first-order valence-electron chi connectivity index (χ1n) is 7.27. The van der Waals surface area contributed by atoms with Gasteiger partial charge in [-0.15, -0.1) is 0 Å². The maximum Gasteiger partial charge on any atom is 0.311 e. The molecule has 5 heteroatoms. The minimum absolute atomic E-state index is 0.187. The van der Waals surface area contributed by atoms with Crippen LogP contribution in [-0.2, 0) is 4.79 Å². The van der Waals surface area contributed by atoms with Gasteiger partial charge in [0.1, 0.15) is 5.82 Å². The molecule has 0 saturated heterocycles. The molecule has 0 bridgehead atoms. The Morgan fingerprint density at radius 3 is 2.65 bits per heavy atom. The lowest BCUT2D eigenvalue weighted by Crippen LogP contribution is -2.15. The molecule has 23 heavy (non-hydrogen) atoms. The molecule has 0 aliphatic rings. The molecule has 0 radical (unpaired) electrons. The van der Waals surface area contributed by atoms with Gasteiger partial charge in [0, 0.05) is 0 Å². The van der Waals surface area contributed by atoms with Crippen LogP contribution in [0, 0.1) is 12.7 Å². The number of carbonyl (C=O) groups is 1. The van der Waals surface area contributed by atoms with E-state index in [0.29, 0.717) is 17.1 Å². The van der Waals surface area contributed by atoms with Crippen LogP contribution in [0.5, 0.6) is 11.5 Å². The molecular formula is C18H19FO4.